The van der Waals surface area contributed by atoms with Crippen LogP contribution < -0.4 is 10.6 Å². The van der Waals surface area contributed by atoms with Gasteiger partial charge in [0.15, 0.2) is 0 Å². The maximum atomic E-state index is 11.7. The van der Waals surface area contributed by atoms with Crippen LogP contribution in [-0.2, 0) is 16.0 Å². The van der Waals surface area contributed by atoms with Crippen LogP contribution in [0, 0.1) is 0 Å². The van der Waals surface area contributed by atoms with Crippen LogP contribution in [0.25, 0.3) is 0 Å². The van der Waals surface area contributed by atoms with Gasteiger partial charge in [-0.1, -0.05) is 12.1 Å². The molecule has 0 saturated carbocycles. The first kappa shape index (κ1) is 13.0. The van der Waals surface area contributed by atoms with Gasteiger partial charge in [-0.3, -0.25) is 9.59 Å². The van der Waals surface area contributed by atoms with Crippen LogP contribution in [0.4, 0.5) is 0 Å². The lowest BCUT2D eigenvalue weighted by Gasteiger charge is -2.11. The molecule has 1 aromatic carbocycles. The molecule has 0 radical (unpaired) electrons. The lowest BCUT2D eigenvalue weighted by molar-refractivity contribution is -0.121. The van der Waals surface area contributed by atoms with E-state index in [1.54, 1.807) is 0 Å². The number of hydrogen-bond donors (Lipinski definition) is 3. The molecule has 1 aliphatic rings. The third-order valence-electron chi connectivity index (χ3n) is 2.93. The second-order valence-electron chi connectivity index (χ2n) is 4.45. The Morgan fingerprint density at radius 3 is 2.72 bits per heavy atom. The Labute approximate surface area is 112 Å². The molecule has 1 saturated heterocycles. The van der Waals surface area contributed by atoms with Gasteiger partial charge >= 0.3 is 0 Å². The molecule has 18 heavy (non-hydrogen) atoms. The summed E-state index contributed by atoms with van der Waals surface area (Å²) in [5.41, 5.74) is 0.959. The molecule has 5 heteroatoms. The van der Waals surface area contributed by atoms with Crippen molar-refractivity contribution < 1.29 is 9.59 Å². The number of hydrogen-bond acceptors (Lipinski definition) is 3. The predicted molar refractivity (Wildman–Crippen MR) is 71.6 cm³/mol. The molecule has 0 aromatic heterocycles. The van der Waals surface area contributed by atoms with E-state index < -0.39 is 0 Å². The van der Waals surface area contributed by atoms with Crippen LogP contribution in [0.3, 0.4) is 0 Å². The molecule has 0 bridgehead atoms. The van der Waals surface area contributed by atoms with Gasteiger partial charge in [0.25, 0.3) is 0 Å². The van der Waals surface area contributed by atoms with E-state index in [1.807, 2.05) is 24.3 Å². The predicted octanol–water partition coefficient (Wildman–Crippen LogP) is 0.913. The maximum Gasteiger partial charge on any atom is 0.224 e. The number of rotatable bonds is 4. The molecule has 2 N–H and O–H groups in total. The SMILES string of the molecule is O=C(Cc1ccc(S)cc1)NCC1CCC(=O)N1. The average Bonchev–Trinajstić information content (AvgIpc) is 2.76. The molecule has 1 aliphatic heterocycles. The van der Waals surface area contributed by atoms with Crippen molar-refractivity contribution in [1.82, 2.24) is 10.6 Å². The van der Waals surface area contributed by atoms with E-state index in [-0.39, 0.29) is 17.9 Å². The minimum atomic E-state index is -0.0249. The Bertz CT molecular complexity index is 445. The van der Waals surface area contributed by atoms with Crippen LogP contribution in [0.2, 0.25) is 0 Å². The molecular weight excluding hydrogens is 248 g/mol. The molecular formula is C13H16N2O2S. The first-order valence-electron chi connectivity index (χ1n) is 5.97. The smallest absolute Gasteiger partial charge is 0.224 e. The largest absolute Gasteiger partial charge is 0.354 e. The lowest BCUT2D eigenvalue weighted by Crippen LogP contribution is -2.38. The Balaban J connectivity index is 1.75. The van der Waals surface area contributed by atoms with Crippen molar-refractivity contribution in [2.24, 2.45) is 0 Å². The van der Waals surface area contributed by atoms with E-state index in [9.17, 15) is 9.59 Å². The van der Waals surface area contributed by atoms with Gasteiger partial charge in [0.2, 0.25) is 11.8 Å². The molecule has 1 unspecified atom stereocenters. The van der Waals surface area contributed by atoms with Crippen LogP contribution in [0.5, 0.6) is 0 Å². The van der Waals surface area contributed by atoms with E-state index in [2.05, 4.69) is 23.3 Å². The van der Waals surface area contributed by atoms with E-state index in [0.29, 0.717) is 19.4 Å². The molecule has 0 spiro atoms. The lowest BCUT2D eigenvalue weighted by atomic mass is 10.1. The number of carbonyl (C=O) groups is 2. The van der Waals surface area contributed by atoms with Crippen molar-refractivity contribution >= 4 is 24.4 Å². The second kappa shape index (κ2) is 5.91. The molecule has 2 amide bonds. The number of carbonyl (C=O) groups excluding carboxylic acids is 2. The first-order valence-corrected chi connectivity index (χ1v) is 6.42. The maximum absolute atomic E-state index is 11.7. The summed E-state index contributed by atoms with van der Waals surface area (Å²) >= 11 is 4.19. The van der Waals surface area contributed by atoms with Crippen LogP contribution >= 0.6 is 12.6 Å². The zero-order valence-electron chi connectivity index (χ0n) is 9.98. The third kappa shape index (κ3) is 3.77. The second-order valence-corrected chi connectivity index (χ2v) is 4.97. The molecule has 2 rings (SSSR count). The summed E-state index contributed by atoms with van der Waals surface area (Å²) in [5.74, 6) is 0.0432. The molecule has 1 aromatic rings. The van der Waals surface area contributed by atoms with Gasteiger partial charge in [0.05, 0.1) is 6.42 Å². The van der Waals surface area contributed by atoms with Crippen molar-refractivity contribution in [3.63, 3.8) is 0 Å². The molecule has 0 aliphatic carbocycles. The summed E-state index contributed by atoms with van der Waals surface area (Å²) in [6.45, 7) is 0.509. The highest BCUT2D eigenvalue weighted by Crippen LogP contribution is 2.08. The fourth-order valence-electron chi connectivity index (χ4n) is 1.93. The molecule has 1 fully saturated rings. The highest BCUT2D eigenvalue weighted by molar-refractivity contribution is 7.80. The van der Waals surface area contributed by atoms with Gasteiger partial charge in [-0.05, 0) is 24.1 Å². The Kier molecular flexibility index (Phi) is 4.25. The van der Waals surface area contributed by atoms with E-state index in [4.69, 9.17) is 0 Å². The van der Waals surface area contributed by atoms with Crippen molar-refractivity contribution in [3.05, 3.63) is 29.8 Å². The highest BCUT2D eigenvalue weighted by Gasteiger charge is 2.20. The van der Waals surface area contributed by atoms with Crippen molar-refractivity contribution in [1.29, 1.82) is 0 Å². The number of amides is 2. The Hall–Kier alpha value is -1.49. The van der Waals surface area contributed by atoms with Gasteiger partial charge in [0, 0.05) is 23.9 Å². The molecule has 1 heterocycles. The van der Waals surface area contributed by atoms with Crippen molar-refractivity contribution in [3.8, 4) is 0 Å². The van der Waals surface area contributed by atoms with Crippen molar-refractivity contribution in [2.45, 2.75) is 30.2 Å². The summed E-state index contributed by atoms with van der Waals surface area (Å²) in [4.78, 5) is 23.6. The standard InChI is InChI=1S/C13H16N2O2S/c16-12-6-3-10(15-12)8-14-13(17)7-9-1-4-11(18)5-2-9/h1-2,4-5,10,18H,3,6-8H2,(H,14,17)(H,15,16). The van der Waals surface area contributed by atoms with E-state index in [1.165, 1.54) is 0 Å². The quantitative estimate of drug-likeness (QED) is 0.708. The summed E-state index contributed by atoms with van der Waals surface area (Å²) in [6, 6.07) is 7.59. The number of thiol groups is 1. The first-order chi connectivity index (χ1) is 8.63. The zero-order chi connectivity index (χ0) is 13.0. The van der Waals surface area contributed by atoms with E-state index in [0.717, 1.165) is 16.9 Å². The van der Waals surface area contributed by atoms with Gasteiger partial charge in [-0.25, -0.2) is 0 Å². The summed E-state index contributed by atoms with van der Waals surface area (Å²) in [7, 11) is 0. The Morgan fingerprint density at radius 2 is 2.11 bits per heavy atom. The van der Waals surface area contributed by atoms with Crippen LogP contribution in [0.15, 0.2) is 29.2 Å². The summed E-state index contributed by atoms with van der Waals surface area (Å²) < 4.78 is 0. The highest BCUT2D eigenvalue weighted by atomic mass is 32.1. The fraction of sp³-hybridized carbons (Fsp3) is 0.385. The number of benzene rings is 1. The fourth-order valence-corrected chi connectivity index (χ4v) is 2.08. The summed E-state index contributed by atoms with van der Waals surface area (Å²) in [5, 5.41) is 5.65. The molecule has 96 valence electrons. The van der Waals surface area contributed by atoms with Gasteiger partial charge in [0.1, 0.15) is 0 Å². The van der Waals surface area contributed by atoms with Crippen LogP contribution in [0.1, 0.15) is 18.4 Å². The van der Waals surface area contributed by atoms with Gasteiger partial charge in [-0.15, -0.1) is 12.6 Å². The van der Waals surface area contributed by atoms with Crippen LogP contribution in [-0.4, -0.2) is 24.4 Å². The van der Waals surface area contributed by atoms with Gasteiger partial charge < -0.3 is 10.6 Å². The molecule has 1 atom stereocenters. The van der Waals surface area contributed by atoms with Crippen molar-refractivity contribution in [2.75, 3.05) is 6.54 Å². The zero-order valence-corrected chi connectivity index (χ0v) is 10.9. The third-order valence-corrected chi connectivity index (χ3v) is 3.23. The average molecular weight is 264 g/mol. The number of nitrogens with one attached hydrogen (secondary N) is 2. The summed E-state index contributed by atoms with van der Waals surface area (Å²) in [6.07, 6.45) is 1.71. The minimum absolute atomic E-state index is 0.0249. The minimum Gasteiger partial charge on any atom is -0.354 e. The topological polar surface area (TPSA) is 58.2 Å². The monoisotopic (exact) mass is 264 g/mol. The normalized spacial score (nSPS) is 18.5. The Morgan fingerprint density at radius 1 is 1.39 bits per heavy atom. The van der Waals surface area contributed by atoms with Gasteiger partial charge in [-0.2, -0.15) is 0 Å². The molecule has 4 nitrogen and oxygen atoms in total. The van der Waals surface area contributed by atoms with E-state index >= 15 is 0 Å².